The Labute approximate surface area is 170 Å². The zero-order chi connectivity index (χ0) is 20.6. The molecule has 0 radical (unpaired) electrons. The van der Waals surface area contributed by atoms with E-state index in [1.54, 1.807) is 20.4 Å². The molecule has 0 atom stereocenters. The van der Waals surface area contributed by atoms with E-state index in [0.29, 0.717) is 17.1 Å². The van der Waals surface area contributed by atoms with Gasteiger partial charge in [0.05, 0.1) is 31.2 Å². The van der Waals surface area contributed by atoms with Crippen LogP contribution in [0.15, 0.2) is 42.6 Å². The van der Waals surface area contributed by atoms with E-state index in [1.807, 2.05) is 36.4 Å². The van der Waals surface area contributed by atoms with Gasteiger partial charge in [-0.2, -0.15) is 0 Å². The fraction of sp³-hybridized carbons (Fsp3) is 0.286. The summed E-state index contributed by atoms with van der Waals surface area (Å²) in [7, 11) is -0.341. The molecule has 1 aliphatic rings. The Morgan fingerprint density at radius 1 is 1.07 bits per heavy atom. The predicted octanol–water partition coefficient (Wildman–Crippen LogP) is 3.12. The van der Waals surface area contributed by atoms with Gasteiger partial charge in [0.15, 0.2) is 11.5 Å². The molecule has 7 nitrogen and oxygen atoms in total. The van der Waals surface area contributed by atoms with Gasteiger partial charge in [-0.3, -0.25) is 4.98 Å². The quantitative estimate of drug-likeness (QED) is 0.691. The molecule has 2 aromatic carbocycles. The fourth-order valence-electron chi connectivity index (χ4n) is 3.92. The molecule has 0 spiro atoms. The van der Waals surface area contributed by atoms with Crippen LogP contribution in [-0.2, 0) is 22.2 Å². The summed E-state index contributed by atoms with van der Waals surface area (Å²) in [5.41, 5.74) is 4.73. The van der Waals surface area contributed by atoms with Crippen LogP contribution in [0.5, 0.6) is 11.5 Å². The number of benzene rings is 2. The molecule has 1 aromatic heterocycles. The first-order chi connectivity index (χ1) is 13.9. The Balaban J connectivity index is 1.82. The van der Waals surface area contributed by atoms with Gasteiger partial charge in [0, 0.05) is 29.9 Å². The second-order valence-electron chi connectivity index (χ2n) is 7.08. The number of sulfonamides is 1. The Bertz CT molecular complexity index is 1180. The molecule has 0 aliphatic carbocycles. The Hall–Kier alpha value is -2.84. The lowest BCUT2D eigenvalue weighted by molar-refractivity contribution is 0.356. The number of aromatic nitrogens is 1. The van der Waals surface area contributed by atoms with Crippen molar-refractivity contribution in [3.05, 3.63) is 53.7 Å². The average Bonchev–Trinajstić information content (AvgIpc) is 2.70. The molecule has 0 bridgehead atoms. The van der Waals surface area contributed by atoms with E-state index in [4.69, 9.17) is 14.6 Å². The lowest BCUT2D eigenvalue weighted by Crippen LogP contribution is -2.25. The average molecular weight is 413 g/mol. The number of nitrogens with zero attached hydrogens (tertiary/aromatic N) is 2. The first-order valence-corrected chi connectivity index (χ1v) is 11.0. The first-order valence-electron chi connectivity index (χ1n) is 9.30. The van der Waals surface area contributed by atoms with Crippen LogP contribution in [0.2, 0.25) is 0 Å². The lowest BCUT2D eigenvalue weighted by Gasteiger charge is -2.32. The minimum absolute atomic E-state index is 0.157. The second kappa shape index (κ2) is 7.53. The Morgan fingerprint density at radius 3 is 2.55 bits per heavy atom. The van der Waals surface area contributed by atoms with Gasteiger partial charge in [0.25, 0.3) is 0 Å². The molecule has 0 fully saturated rings. The third kappa shape index (κ3) is 3.86. The molecule has 152 valence electrons. The second-order valence-corrected chi connectivity index (χ2v) is 8.69. The van der Waals surface area contributed by atoms with Gasteiger partial charge in [-0.05, 0) is 42.2 Å². The van der Waals surface area contributed by atoms with E-state index in [-0.39, 0.29) is 5.75 Å². The minimum Gasteiger partial charge on any atom is -0.493 e. The third-order valence-electron chi connectivity index (χ3n) is 5.15. The number of methoxy groups -OCH3 is 2. The zero-order valence-electron chi connectivity index (χ0n) is 16.4. The molecular weight excluding hydrogens is 390 g/mol. The summed E-state index contributed by atoms with van der Waals surface area (Å²) in [4.78, 5) is 6.73. The molecule has 4 rings (SSSR count). The maximum atomic E-state index is 11.5. The molecular formula is C21H23N3O4S. The van der Waals surface area contributed by atoms with Gasteiger partial charge < -0.3 is 14.4 Å². The highest BCUT2D eigenvalue weighted by atomic mass is 32.2. The number of nitrogens with two attached hydrogens (primary N) is 1. The highest BCUT2D eigenvalue weighted by molar-refractivity contribution is 7.88. The fourth-order valence-corrected chi connectivity index (χ4v) is 4.56. The number of fused-ring (bicyclic) bond motifs is 2. The molecule has 1 aliphatic heterocycles. The van der Waals surface area contributed by atoms with Crippen molar-refractivity contribution in [2.75, 3.05) is 25.7 Å². The largest absolute Gasteiger partial charge is 0.493 e. The predicted molar refractivity (Wildman–Crippen MR) is 113 cm³/mol. The highest BCUT2D eigenvalue weighted by Gasteiger charge is 2.22. The van der Waals surface area contributed by atoms with Crippen LogP contribution in [0.3, 0.4) is 0 Å². The van der Waals surface area contributed by atoms with Gasteiger partial charge in [-0.25, -0.2) is 13.6 Å². The van der Waals surface area contributed by atoms with Gasteiger partial charge in [0.1, 0.15) is 0 Å². The zero-order valence-corrected chi connectivity index (χ0v) is 17.2. The van der Waals surface area contributed by atoms with E-state index >= 15 is 0 Å². The molecule has 0 saturated carbocycles. The number of primary sulfonamides is 1. The summed E-state index contributed by atoms with van der Waals surface area (Å²) in [5, 5.41) is 6.17. The summed E-state index contributed by atoms with van der Waals surface area (Å²) in [6.45, 7) is 0.856. The summed E-state index contributed by atoms with van der Waals surface area (Å²) in [6, 6.07) is 11.6. The van der Waals surface area contributed by atoms with Crippen LogP contribution < -0.4 is 19.5 Å². The van der Waals surface area contributed by atoms with Crippen molar-refractivity contribution >= 4 is 32.3 Å². The standard InChI is InChI=1S/C21H23N3O4S/c1-27-20-11-16-17(12-21(20)28-2)23-8-7-19(16)24-9-3-4-15-10-14(5-6-18(15)24)13-29(22,25)26/h5-8,10-12H,3-4,9,13H2,1-2H3,(H2,22,25,26). The highest BCUT2D eigenvalue weighted by Crippen LogP contribution is 2.40. The smallest absolute Gasteiger partial charge is 0.213 e. The van der Waals surface area contributed by atoms with Crippen molar-refractivity contribution < 1.29 is 17.9 Å². The van der Waals surface area contributed by atoms with Crippen molar-refractivity contribution in [3.63, 3.8) is 0 Å². The van der Waals surface area contributed by atoms with Crippen molar-refractivity contribution in [1.29, 1.82) is 0 Å². The molecule has 8 heteroatoms. The van der Waals surface area contributed by atoms with Crippen LogP contribution >= 0.6 is 0 Å². The molecule has 3 aromatic rings. The Morgan fingerprint density at radius 2 is 1.83 bits per heavy atom. The summed E-state index contributed by atoms with van der Waals surface area (Å²) in [6.07, 6.45) is 3.64. The van der Waals surface area contributed by atoms with Crippen molar-refractivity contribution in [3.8, 4) is 11.5 Å². The van der Waals surface area contributed by atoms with E-state index in [1.165, 1.54) is 0 Å². The maximum absolute atomic E-state index is 11.5. The topological polar surface area (TPSA) is 94.7 Å². The van der Waals surface area contributed by atoms with E-state index in [9.17, 15) is 8.42 Å². The van der Waals surface area contributed by atoms with E-state index in [2.05, 4.69) is 9.88 Å². The van der Waals surface area contributed by atoms with Crippen LogP contribution in [-0.4, -0.2) is 34.2 Å². The van der Waals surface area contributed by atoms with Crippen molar-refractivity contribution in [1.82, 2.24) is 4.98 Å². The SMILES string of the molecule is COc1cc2nccc(N3CCCc4cc(CS(N)(=O)=O)ccc43)c2cc1OC. The minimum atomic E-state index is -3.56. The molecule has 0 amide bonds. The number of hydrogen-bond donors (Lipinski definition) is 1. The third-order valence-corrected chi connectivity index (χ3v) is 5.88. The van der Waals surface area contributed by atoms with E-state index in [0.717, 1.165) is 47.2 Å². The number of ether oxygens (including phenoxy) is 2. The van der Waals surface area contributed by atoms with Crippen molar-refractivity contribution in [2.45, 2.75) is 18.6 Å². The number of rotatable bonds is 5. The van der Waals surface area contributed by atoms with Gasteiger partial charge in [-0.1, -0.05) is 12.1 Å². The van der Waals surface area contributed by atoms with Gasteiger partial charge in [-0.15, -0.1) is 0 Å². The summed E-state index contributed by atoms with van der Waals surface area (Å²) < 4.78 is 33.8. The number of aryl methyl sites for hydroxylation is 1. The molecule has 0 saturated heterocycles. The summed E-state index contributed by atoms with van der Waals surface area (Å²) >= 11 is 0. The molecule has 2 heterocycles. The molecule has 0 unspecified atom stereocenters. The monoisotopic (exact) mass is 413 g/mol. The lowest BCUT2D eigenvalue weighted by atomic mass is 9.98. The number of hydrogen-bond acceptors (Lipinski definition) is 6. The van der Waals surface area contributed by atoms with E-state index < -0.39 is 10.0 Å². The van der Waals surface area contributed by atoms with Crippen LogP contribution in [0.1, 0.15) is 17.5 Å². The van der Waals surface area contributed by atoms with Crippen LogP contribution in [0.25, 0.3) is 10.9 Å². The van der Waals surface area contributed by atoms with Gasteiger partial charge in [0.2, 0.25) is 10.0 Å². The van der Waals surface area contributed by atoms with Crippen LogP contribution in [0.4, 0.5) is 11.4 Å². The van der Waals surface area contributed by atoms with Crippen molar-refractivity contribution in [2.24, 2.45) is 5.14 Å². The summed E-state index contributed by atoms with van der Waals surface area (Å²) in [5.74, 6) is 1.13. The maximum Gasteiger partial charge on any atom is 0.213 e. The molecule has 29 heavy (non-hydrogen) atoms. The molecule has 2 N–H and O–H groups in total. The van der Waals surface area contributed by atoms with Gasteiger partial charge >= 0.3 is 0 Å². The first kappa shape index (κ1) is 19.5. The van der Waals surface area contributed by atoms with Crippen LogP contribution in [0, 0.1) is 0 Å². The Kier molecular flexibility index (Phi) is 5.06. The number of anilines is 2. The normalized spacial score (nSPS) is 14.0. The number of pyridine rings is 1.